The smallest absolute Gasteiger partial charge is 0.161 e. The minimum atomic E-state index is 0.602. The number of para-hydroxylation sites is 2. The van der Waals surface area contributed by atoms with Gasteiger partial charge in [0, 0.05) is 12.6 Å². The molecule has 2 rings (SSSR count). The maximum atomic E-state index is 5.91. The fourth-order valence-corrected chi connectivity index (χ4v) is 3.25. The van der Waals surface area contributed by atoms with Crippen LogP contribution in [0.1, 0.15) is 25.7 Å². The summed E-state index contributed by atoms with van der Waals surface area (Å²) in [7, 11) is 3.85. The van der Waals surface area contributed by atoms with Crippen LogP contribution in [0, 0.1) is 5.92 Å². The molecule has 1 saturated carbocycles. The summed E-state index contributed by atoms with van der Waals surface area (Å²) in [6.07, 6.45) is 5.16. The van der Waals surface area contributed by atoms with Gasteiger partial charge in [-0.15, -0.1) is 0 Å². The summed E-state index contributed by atoms with van der Waals surface area (Å²) in [4.78, 5) is 2.41. The van der Waals surface area contributed by atoms with E-state index < -0.39 is 0 Å². The first-order valence-corrected chi connectivity index (χ1v) is 7.92. The predicted octanol–water partition coefficient (Wildman–Crippen LogP) is 2.52. The molecule has 1 aromatic carbocycles. The van der Waals surface area contributed by atoms with Crippen LogP contribution in [0.25, 0.3) is 0 Å². The summed E-state index contributed by atoms with van der Waals surface area (Å²) < 4.78 is 11.2. The van der Waals surface area contributed by atoms with Gasteiger partial charge in [-0.25, -0.2) is 0 Å². The van der Waals surface area contributed by atoms with E-state index in [2.05, 4.69) is 11.9 Å². The molecule has 21 heavy (non-hydrogen) atoms. The molecule has 0 aromatic heterocycles. The molecule has 1 fully saturated rings. The van der Waals surface area contributed by atoms with E-state index in [0.29, 0.717) is 18.6 Å². The summed E-state index contributed by atoms with van der Waals surface area (Å²) >= 11 is 0. The molecule has 4 nitrogen and oxygen atoms in total. The van der Waals surface area contributed by atoms with Crippen LogP contribution >= 0.6 is 0 Å². The van der Waals surface area contributed by atoms with Crippen LogP contribution in [0.2, 0.25) is 0 Å². The minimum absolute atomic E-state index is 0.602. The van der Waals surface area contributed by atoms with Gasteiger partial charge in [0.05, 0.1) is 7.11 Å². The Morgan fingerprint density at radius 1 is 1.19 bits per heavy atom. The van der Waals surface area contributed by atoms with Crippen LogP contribution in [-0.2, 0) is 0 Å². The van der Waals surface area contributed by atoms with Crippen molar-refractivity contribution in [1.82, 2.24) is 4.90 Å². The third-order valence-electron chi connectivity index (χ3n) is 4.51. The second-order valence-corrected chi connectivity index (χ2v) is 5.83. The lowest BCUT2D eigenvalue weighted by atomic mass is 9.84. The van der Waals surface area contributed by atoms with Crippen LogP contribution < -0.4 is 15.2 Å². The van der Waals surface area contributed by atoms with E-state index in [-0.39, 0.29) is 0 Å². The molecule has 0 saturated heterocycles. The molecule has 2 atom stereocenters. The number of rotatable bonds is 7. The average molecular weight is 292 g/mol. The first-order chi connectivity index (χ1) is 10.3. The predicted molar refractivity (Wildman–Crippen MR) is 85.9 cm³/mol. The van der Waals surface area contributed by atoms with E-state index >= 15 is 0 Å². The second-order valence-electron chi connectivity index (χ2n) is 5.83. The average Bonchev–Trinajstić information content (AvgIpc) is 2.55. The van der Waals surface area contributed by atoms with Crippen molar-refractivity contribution in [2.75, 3.05) is 33.9 Å². The summed E-state index contributed by atoms with van der Waals surface area (Å²) in [6.45, 7) is 2.38. The Balaban J connectivity index is 1.82. The van der Waals surface area contributed by atoms with Gasteiger partial charge in [-0.05, 0) is 44.5 Å². The summed E-state index contributed by atoms with van der Waals surface area (Å²) in [6, 6.07) is 8.39. The molecule has 0 bridgehead atoms. The highest BCUT2D eigenvalue weighted by Gasteiger charge is 2.26. The van der Waals surface area contributed by atoms with Crippen LogP contribution in [0.4, 0.5) is 0 Å². The molecule has 118 valence electrons. The van der Waals surface area contributed by atoms with E-state index in [0.717, 1.165) is 24.6 Å². The summed E-state index contributed by atoms with van der Waals surface area (Å²) in [5.74, 6) is 2.24. The van der Waals surface area contributed by atoms with Crippen LogP contribution in [0.5, 0.6) is 11.5 Å². The first kappa shape index (κ1) is 16.1. The van der Waals surface area contributed by atoms with E-state index in [1.54, 1.807) is 7.11 Å². The third-order valence-corrected chi connectivity index (χ3v) is 4.51. The van der Waals surface area contributed by atoms with Gasteiger partial charge in [-0.2, -0.15) is 0 Å². The van der Waals surface area contributed by atoms with Crippen molar-refractivity contribution >= 4 is 0 Å². The molecule has 0 spiro atoms. The number of nitrogens with zero attached hydrogens (tertiary/aromatic N) is 1. The highest BCUT2D eigenvalue weighted by atomic mass is 16.5. The Bertz CT molecular complexity index is 425. The van der Waals surface area contributed by atoms with Gasteiger partial charge in [-0.3, -0.25) is 4.90 Å². The molecule has 2 N–H and O–H groups in total. The van der Waals surface area contributed by atoms with Gasteiger partial charge in [0.2, 0.25) is 0 Å². The first-order valence-electron chi connectivity index (χ1n) is 7.92. The lowest BCUT2D eigenvalue weighted by molar-refractivity contribution is 0.115. The number of nitrogens with two attached hydrogens (primary N) is 1. The highest BCUT2D eigenvalue weighted by Crippen LogP contribution is 2.28. The Hall–Kier alpha value is -1.26. The molecule has 1 aliphatic carbocycles. The maximum Gasteiger partial charge on any atom is 0.161 e. The fraction of sp³-hybridized carbons (Fsp3) is 0.647. The van der Waals surface area contributed by atoms with Crippen molar-refractivity contribution < 1.29 is 9.47 Å². The zero-order valence-electron chi connectivity index (χ0n) is 13.3. The number of methoxy groups -OCH3 is 1. The molecule has 0 aliphatic heterocycles. The van der Waals surface area contributed by atoms with Gasteiger partial charge in [0.15, 0.2) is 11.5 Å². The molecule has 1 aliphatic rings. The van der Waals surface area contributed by atoms with Gasteiger partial charge >= 0.3 is 0 Å². The number of likely N-dealkylation sites (N-methyl/N-ethyl adjacent to an activating group) is 1. The van der Waals surface area contributed by atoms with Crippen molar-refractivity contribution in [1.29, 1.82) is 0 Å². The van der Waals surface area contributed by atoms with Crippen molar-refractivity contribution in [3.05, 3.63) is 24.3 Å². The summed E-state index contributed by atoms with van der Waals surface area (Å²) in [5, 5.41) is 0. The van der Waals surface area contributed by atoms with Crippen molar-refractivity contribution in [2.45, 2.75) is 31.7 Å². The lowest BCUT2D eigenvalue weighted by Gasteiger charge is -2.37. The Kier molecular flexibility index (Phi) is 6.33. The second kappa shape index (κ2) is 8.25. The molecule has 2 unspecified atom stereocenters. The molecule has 0 radical (unpaired) electrons. The van der Waals surface area contributed by atoms with Crippen molar-refractivity contribution in [2.24, 2.45) is 11.7 Å². The van der Waals surface area contributed by atoms with Crippen LogP contribution in [0.15, 0.2) is 24.3 Å². The van der Waals surface area contributed by atoms with E-state index in [1.165, 1.54) is 25.7 Å². The highest BCUT2D eigenvalue weighted by molar-refractivity contribution is 5.39. The normalized spacial score (nSPS) is 22.3. The SMILES string of the molecule is COc1ccccc1OCCN(C)C1CCCCC1CN. The number of ether oxygens (including phenoxy) is 2. The zero-order chi connectivity index (χ0) is 15.1. The van der Waals surface area contributed by atoms with Crippen molar-refractivity contribution in [3.63, 3.8) is 0 Å². The quantitative estimate of drug-likeness (QED) is 0.839. The van der Waals surface area contributed by atoms with Crippen molar-refractivity contribution in [3.8, 4) is 11.5 Å². The Labute approximate surface area is 128 Å². The Morgan fingerprint density at radius 2 is 1.90 bits per heavy atom. The molecule has 4 heteroatoms. The maximum absolute atomic E-state index is 5.91. The van der Waals surface area contributed by atoms with Gasteiger partial charge < -0.3 is 15.2 Å². The molecule has 0 amide bonds. The molecule has 0 heterocycles. The van der Waals surface area contributed by atoms with E-state index in [4.69, 9.17) is 15.2 Å². The standard InChI is InChI=1S/C17H28N2O2/c1-19(15-8-4-3-7-14(15)13-18)11-12-21-17-10-6-5-9-16(17)20-2/h5-6,9-10,14-15H,3-4,7-8,11-13,18H2,1-2H3. The van der Waals surface area contributed by atoms with E-state index in [9.17, 15) is 0 Å². The zero-order valence-corrected chi connectivity index (χ0v) is 13.3. The van der Waals surface area contributed by atoms with Gasteiger partial charge in [0.1, 0.15) is 6.61 Å². The van der Waals surface area contributed by atoms with E-state index in [1.807, 2.05) is 24.3 Å². The topological polar surface area (TPSA) is 47.7 Å². The fourth-order valence-electron chi connectivity index (χ4n) is 3.25. The van der Waals surface area contributed by atoms with Crippen LogP contribution in [0.3, 0.4) is 0 Å². The van der Waals surface area contributed by atoms with Gasteiger partial charge in [0.25, 0.3) is 0 Å². The number of benzene rings is 1. The lowest BCUT2D eigenvalue weighted by Crippen LogP contribution is -2.44. The number of hydrogen-bond acceptors (Lipinski definition) is 4. The molecular formula is C17H28N2O2. The minimum Gasteiger partial charge on any atom is -0.493 e. The molecule has 1 aromatic rings. The largest absolute Gasteiger partial charge is 0.493 e. The monoisotopic (exact) mass is 292 g/mol. The molecular weight excluding hydrogens is 264 g/mol. The third kappa shape index (κ3) is 4.35. The van der Waals surface area contributed by atoms with Gasteiger partial charge in [-0.1, -0.05) is 25.0 Å². The Morgan fingerprint density at radius 3 is 2.62 bits per heavy atom. The number of hydrogen-bond donors (Lipinski definition) is 1. The summed E-state index contributed by atoms with van der Waals surface area (Å²) in [5.41, 5.74) is 5.91. The van der Waals surface area contributed by atoms with Crippen LogP contribution in [-0.4, -0.2) is 44.8 Å².